The SMILES string of the molecule is CC(C)C[C@@H](/C=C/C(=O)N1Cc2ccccc2C1)CC(=O)[C@@H]1CCN1.O=C(O)C(F)(F)F. The molecule has 0 saturated carbocycles. The highest BCUT2D eigenvalue weighted by molar-refractivity contribution is 5.88. The van der Waals surface area contributed by atoms with E-state index in [4.69, 9.17) is 9.90 Å². The van der Waals surface area contributed by atoms with E-state index in [1.165, 1.54) is 11.1 Å². The number of hydrogen-bond acceptors (Lipinski definition) is 4. The fourth-order valence-corrected chi connectivity index (χ4v) is 3.61. The molecule has 2 aliphatic heterocycles. The van der Waals surface area contributed by atoms with Gasteiger partial charge in [-0.2, -0.15) is 13.2 Å². The third kappa shape index (κ3) is 7.78. The molecule has 0 aromatic heterocycles. The first-order chi connectivity index (χ1) is 15.0. The molecule has 1 aromatic rings. The third-order valence-corrected chi connectivity index (χ3v) is 5.36. The minimum atomic E-state index is -5.08. The fraction of sp³-hybridized carbons (Fsp3) is 0.522. The quantitative estimate of drug-likeness (QED) is 0.614. The van der Waals surface area contributed by atoms with E-state index < -0.39 is 12.1 Å². The van der Waals surface area contributed by atoms with E-state index in [0.717, 1.165) is 19.4 Å². The van der Waals surface area contributed by atoms with Crippen LogP contribution < -0.4 is 5.32 Å². The molecule has 9 heteroatoms. The molecular weight excluding hydrogens is 425 g/mol. The molecule has 3 rings (SSSR count). The summed E-state index contributed by atoms with van der Waals surface area (Å²) < 4.78 is 31.7. The Morgan fingerprint density at radius 1 is 1.19 bits per heavy atom. The van der Waals surface area contributed by atoms with E-state index >= 15 is 0 Å². The maximum absolute atomic E-state index is 12.5. The molecule has 1 saturated heterocycles. The first kappa shape index (κ1) is 25.6. The van der Waals surface area contributed by atoms with Crippen LogP contribution in [0.15, 0.2) is 36.4 Å². The lowest BCUT2D eigenvalue weighted by Gasteiger charge is -2.27. The summed E-state index contributed by atoms with van der Waals surface area (Å²) in [4.78, 5) is 35.6. The van der Waals surface area contributed by atoms with Gasteiger partial charge in [-0.25, -0.2) is 4.79 Å². The number of nitrogens with one attached hydrogen (secondary N) is 1. The number of carboxylic acids is 1. The molecule has 6 nitrogen and oxygen atoms in total. The van der Waals surface area contributed by atoms with Gasteiger partial charge in [-0.3, -0.25) is 9.59 Å². The predicted molar refractivity (Wildman–Crippen MR) is 113 cm³/mol. The van der Waals surface area contributed by atoms with E-state index in [1.54, 1.807) is 6.08 Å². The first-order valence-electron chi connectivity index (χ1n) is 10.6. The van der Waals surface area contributed by atoms with Crippen molar-refractivity contribution < 1.29 is 32.7 Å². The average molecular weight is 454 g/mol. The number of alkyl halides is 3. The van der Waals surface area contributed by atoms with Gasteiger partial charge < -0.3 is 15.3 Å². The Bertz CT molecular complexity index is 823. The Kier molecular flexibility index (Phi) is 9.00. The number of hydrogen-bond donors (Lipinski definition) is 2. The summed E-state index contributed by atoms with van der Waals surface area (Å²) >= 11 is 0. The largest absolute Gasteiger partial charge is 0.490 e. The van der Waals surface area contributed by atoms with Crippen LogP contribution in [0.4, 0.5) is 13.2 Å². The minimum absolute atomic E-state index is 0.0341. The molecule has 2 atom stereocenters. The van der Waals surface area contributed by atoms with E-state index in [1.807, 2.05) is 23.1 Å². The summed E-state index contributed by atoms with van der Waals surface area (Å²) in [7, 11) is 0. The number of fused-ring (bicyclic) bond motifs is 1. The predicted octanol–water partition coefficient (Wildman–Crippen LogP) is 3.70. The van der Waals surface area contributed by atoms with Gasteiger partial charge in [0.15, 0.2) is 0 Å². The molecule has 1 fully saturated rings. The van der Waals surface area contributed by atoms with Crippen molar-refractivity contribution in [2.45, 2.75) is 58.4 Å². The molecule has 2 heterocycles. The van der Waals surface area contributed by atoms with Gasteiger partial charge in [-0.1, -0.05) is 44.2 Å². The number of Topliss-reactive ketones (excluding diaryl/α,β-unsaturated/α-hetero) is 1. The molecule has 0 spiro atoms. The lowest BCUT2D eigenvalue weighted by molar-refractivity contribution is -0.192. The standard InChI is InChI=1S/C21H28N2O2.C2HF3O2/c1-15(2)11-16(12-20(24)19-9-10-22-19)7-8-21(25)23-13-17-5-3-4-6-18(17)14-23;3-2(4,5)1(6)7/h3-8,15-16,19,22H,9-14H2,1-2H3;(H,6,7)/b8-7+;/t16-,19+;/m1./s1. The van der Waals surface area contributed by atoms with Gasteiger partial charge in [0.2, 0.25) is 5.91 Å². The summed E-state index contributed by atoms with van der Waals surface area (Å²) in [5.74, 6) is -1.79. The summed E-state index contributed by atoms with van der Waals surface area (Å²) in [6.07, 6.45) is 0.965. The Labute approximate surface area is 185 Å². The van der Waals surface area contributed by atoms with Crippen molar-refractivity contribution in [2.24, 2.45) is 11.8 Å². The van der Waals surface area contributed by atoms with Crippen molar-refractivity contribution in [3.05, 3.63) is 47.5 Å². The molecule has 0 aliphatic carbocycles. The monoisotopic (exact) mass is 454 g/mol. The molecule has 0 bridgehead atoms. The molecule has 2 N–H and O–H groups in total. The molecular formula is C23H29F3N2O4. The Balaban J connectivity index is 0.000000451. The van der Waals surface area contributed by atoms with Gasteiger partial charge in [0.05, 0.1) is 6.04 Å². The number of halogens is 3. The topological polar surface area (TPSA) is 86.7 Å². The highest BCUT2D eigenvalue weighted by atomic mass is 19.4. The van der Waals surface area contributed by atoms with Gasteiger partial charge >= 0.3 is 12.1 Å². The molecule has 2 aliphatic rings. The number of carbonyl (C=O) groups is 3. The zero-order chi connectivity index (χ0) is 23.9. The van der Waals surface area contributed by atoms with Gasteiger partial charge in [-0.05, 0) is 48.4 Å². The van der Waals surface area contributed by atoms with Crippen molar-refractivity contribution in [3.63, 3.8) is 0 Å². The number of ketones is 1. The van der Waals surface area contributed by atoms with Crippen molar-refractivity contribution in [1.82, 2.24) is 10.2 Å². The summed E-state index contributed by atoms with van der Waals surface area (Å²) in [6.45, 7) is 6.62. The second kappa shape index (κ2) is 11.3. The van der Waals surface area contributed by atoms with Crippen LogP contribution in [0.25, 0.3) is 0 Å². The molecule has 0 radical (unpaired) electrons. The maximum atomic E-state index is 12.5. The van der Waals surface area contributed by atoms with Crippen molar-refractivity contribution in [3.8, 4) is 0 Å². The molecule has 176 valence electrons. The highest BCUT2D eigenvalue weighted by Gasteiger charge is 2.38. The van der Waals surface area contributed by atoms with Crippen molar-refractivity contribution in [1.29, 1.82) is 0 Å². The number of carbonyl (C=O) groups excluding carboxylic acids is 2. The van der Waals surface area contributed by atoms with E-state index in [0.29, 0.717) is 25.4 Å². The van der Waals surface area contributed by atoms with Crippen molar-refractivity contribution in [2.75, 3.05) is 6.54 Å². The number of carboxylic acid groups (broad SMARTS) is 1. The Morgan fingerprint density at radius 3 is 2.12 bits per heavy atom. The number of nitrogens with zero attached hydrogens (tertiary/aromatic N) is 1. The van der Waals surface area contributed by atoms with Crippen LogP contribution in [-0.4, -0.2) is 46.4 Å². The molecule has 1 amide bonds. The second-order valence-corrected chi connectivity index (χ2v) is 8.48. The minimum Gasteiger partial charge on any atom is -0.475 e. The average Bonchev–Trinajstić information content (AvgIpc) is 3.08. The van der Waals surface area contributed by atoms with E-state index in [-0.39, 0.29) is 23.7 Å². The lowest BCUT2D eigenvalue weighted by Crippen LogP contribution is -2.48. The summed E-state index contributed by atoms with van der Waals surface area (Å²) in [5, 5.41) is 10.3. The summed E-state index contributed by atoms with van der Waals surface area (Å²) in [6, 6.07) is 8.23. The van der Waals surface area contributed by atoms with Gasteiger partial charge in [0, 0.05) is 19.5 Å². The molecule has 0 unspecified atom stereocenters. The van der Waals surface area contributed by atoms with Gasteiger partial charge in [0.25, 0.3) is 0 Å². The van der Waals surface area contributed by atoms with Crippen LogP contribution in [0, 0.1) is 11.8 Å². The van der Waals surface area contributed by atoms with Crippen LogP contribution in [0.2, 0.25) is 0 Å². The van der Waals surface area contributed by atoms with Crippen LogP contribution in [0.1, 0.15) is 44.2 Å². The number of rotatable bonds is 7. The second-order valence-electron chi connectivity index (χ2n) is 8.48. The van der Waals surface area contributed by atoms with E-state index in [2.05, 4.69) is 31.3 Å². The number of allylic oxidation sites excluding steroid dienone is 1. The van der Waals surface area contributed by atoms with Crippen LogP contribution in [-0.2, 0) is 27.5 Å². The normalized spacial score (nSPS) is 18.6. The first-order valence-corrected chi connectivity index (χ1v) is 10.6. The smallest absolute Gasteiger partial charge is 0.475 e. The zero-order valence-corrected chi connectivity index (χ0v) is 18.2. The molecule has 32 heavy (non-hydrogen) atoms. The lowest BCUT2D eigenvalue weighted by atomic mass is 9.88. The number of benzene rings is 1. The number of amides is 1. The van der Waals surface area contributed by atoms with Crippen LogP contribution in [0.5, 0.6) is 0 Å². The van der Waals surface area contributed by atoms with E-state index in [9.17, 15) is 22.8 Å². The summed E-state index contributed by atoms with van der Waals surface area (Å²) in [5.41, 5.74) is 2.46. The maximum Gasteiger partial charge on any atom is 0.490 e. The Hall–Kier alpha value is -2.68. The van der Waals surface area contributed by atoms with Crippen molar-refractivity contribution >= 4 is 17.7 Å². The number of aliphatic carboxylic acids is 1. The zero-order valence-electron chi connectivity index (χ0n) is 18.2. The van der Waals surface area contributed by atoms with Crippen LogP contribution in [0.3, 0.4) is 0 Å². The molecule has 1 aromatic carbocycles. The van der Waals surface area contributed by atoms with Gasteiger partial charge in [-0.15, -0.1) is 0 Å². The Morgan fingerprint density at radius 2 is 1.72 bits per heavy atom. The van der Waals surface area contributed by atoms with Crippen LogP contribution >= 0.6 is 0 Å². The fourth-order valence-electron chi connectivity index (χ4n) is 3.61. The van der Waals surface area contributed by atoms with Gasteiger partial charge in [0.1, 0.15) is 5.78 Å². The third-order valence-electron chi connectivity index (χ3n) is 5.36. The highest BCUT2D eigenvalue weighted by Crippen LogP contribution is 2.24.